The van der Waals surface area contributed by atoms with Crippen molar-refractivity contribution < 1.29 is 4.79 Å². The van der Waals surface area contributed by atoms with Gasteiger partial charge in [0.2, 0.25) is 5.91 Å². The molecule has 2 nitrogen and oxygen atoms in total. The van der Waals surface area contributed by atoms with E-state index in [1.165, 1.54) is 44.9 Å². The second-order valence-electron chi connectivity index (χ2n) is 7.03. The smallest absolute Gasteiger partial charge is 0.217 e. The lowest BCUT2D eigenvalue weighted by Crippen LogP contribution is -2.09. The summed E-state index contributed by atoms with van der Waals surface area (Å²) < 4.78 is 0. The third-order valence-electron chi connectivity index (χ3n) is 4.46. The molecular weight excluding hydrogens is 306 g/mol. The summed E-state index contributed by atoms with van der Waals surface area (Å²) in [6, 6.07) is 0. The van der Waals surface area contributed by atoms with Gasteiger partial charge in [0, 0.05) is 6.42 Å². The first-order chi connectivity index (χ1) is 12.3. The van der Waals surface area contributed by atoms with E-state index >= 15 is 0 Å². The van der Waals surface area contributed by atoms with E-state index in [9.17, 15) is 4.79 Å². The Bertz CT molecular complexity index is 441. The van der Waals surface area contributed by atoms with Gasteiger partial charge in [0.15, 0.2) is 0 Å². The lowest BCUT2D eigenvalue weighted by Gasteiger charge is -1.96. The fraction of sp³-hybridized carbons (Fsp3) is 0.609. The van der Waals surface area contributed by atoms with Gasteiger partial charge in [0.05, 0.1) is 0 Å². The van der Waals surface area contributed by atoms with Crippen molar-refractivity contribution in [3.05, 3.63) is 48.6 Å². The predicted octanol–water partition coefficient (Wildman–Crippen LogP) is 6.40. The van der Waals surface area contributed by atoms with Gasteiger partial charge in [-0.3, -0.25) is 4.79 Å². The number of primary amides is 1. The molecule has 25 heavy (non-hydrogen) atoms. The molecule has 0 aromatic heterocycles. The van der Waals surface area contributed by atoms with E-state index < -0.39 is 0 Å². The first-order valence-electron chi connectivity index (χ1n) is 10.2. The van der Waals surface area contributed by atoms with Crippen molar-refractivity contribution in [1.29, 1.82) is 0 Å². The van der Waals surface area contributed by atoms with Gasteiger partial charge in [-0.15, -0.1) is 0 Å². The van der Waals surface area contributed by atoms with E-state index in [2.05, 4.69) is 48.6 Å². The van der Waals surface area contributed by atoms with Gasteiger partial charge in [-0.2, -0.15) is 0 Å². The van der Waals surface area contributed by atoms with Gasteiger partial charge >= 0.3 is 0 Å². The highest BCUT2D eigenvalue weighted by Gasteiger charge is 2.19. The van der Waals surface area contributed by atoms with Crippen LogP contribution in [0.4, 0.5) is 0 Å². The molecule has 0 radical (unpaired) electrons. The predicted molar refractivity (Wildman–Crippen MR) is 109 cm³/mol. The van der Waals surface area contributed by atoms with Crippen LogP contribution >= 0.6 is 0 Å². The Morgan fingerprint density at radius 2 is 1.24 bits per heavy atom. The standard InChI is InChI=1S/C23H37NO/c24-23(25)19-17-15-13-11-9-7-5-3-1-2-4-6-8-10-12-14-16-18-22-20-21-22/h1-2,5-8,11,13,22H,3-4,9-10,12,14-21H2,(H2,24,25). The van der Waals surface area contributed by atoms with Crippen LogP contribution in [0.2, 0.25) is 0 Å². The molecule has 0 heterocycles. The van der Waals surface area contributed by atoms with E-state index in [-0.39, 0.29) is 5.91 Å². The quantitative estimate of drug-likeness (QED) is 0.256. The molecule has 1 aliphatic carbocycles. The van der Waals surface area contributed by atoms with Crippen LogP contribution in [0.1, 0.15) is 83.5 Å². The Kier molecular flexibility index (Phi) is 13.7. The molecule has 0 aliphatic heterocycles. The van der Waals surface area contributed by atoms with Gasteiger partial charge < -0.3 is 5.73 Å². The number of allylic oxidation sites excluding steroid dienone is 8. The largest absolute Gasteiger partial charge is 0.370 e. The Morgan fingerprint density at radius 3 is 1.76 bits per heavy atom. The fourth-order valence-corrected chi connectivity index (χ4v) is 2.72. The van der Waals surface area contributed by atoms with Crippen molar-refractivity contribution in [1.82, 2.24) is 0 Å². The number of carbonyl (C=O) groups excluding carboxylic acids is 1. The number of amides is 1. The molecule has 1 amide bonds. The zero-order valence-corrected chi connectivity index (χ0v) is 15.9. The summed E-state index contributed by atoms with van der Waals surface area (Å²) >= 11 is 0. The number of nitrogens with two attached hydrogens (primary N) is 1. The summed E-state index contributed by atoms with van der Waals surface area (Å²) in [7, 11) is 0. The average Bonchev–Trinajstić information content (AvgIpc) is 3.41. The van der Waals surface area contributed by atoms with Gasteiger partial charge in [-0.1, -0.05) is 80.7 Å². The van der Waals surface area contributed by atoms with Crippen LogP contribution in [0.3, 0.4) is 0 Å². The second kappa shape index (κ2) is 15.9. The molecule has 0 aromatic carbocycles. The average molecular weight is 344 g/mol. The van der Waals surface area contributed by atoms with Crippen molar-refractivity contribution in [3.63, 3.8) is 0 Å². The van der Waals surface area contributed by atoms with Gasteiger partial charge in [-0.25, -0.2) is 0 Å². The number of carbonyl (C=O) groups is 1. The fourth-order valence-electron chi connectivity index (χ4n) is 2.72. The Morgan fingerprint density at radius 1 is 0.720 bits per heavy atom. The van der Waals surface area contributed by atoms with Crippen molar-refractivity contribution in [2.45, 2.75) is 83.5 Å². The van der Waals surface area contributed by atoms with Gasteiger partial charge in [0.1, 0.15) is 0 Å². The highest BCUT2D eigenvalue weighted by molar-refractivity contribution is 5.73. The summed E-state index contributed by atoms with van der Waals surface area (Å²) in [6.07, 6.45) is 33.0. The Hall–Kier alpha value is -1.57. The monoisotopic (exact) mass is 343 g/mol. The molecular formula is C23H37NO. The molecule has 2 N–H and O–H groups in total. The molecule has 1 fully saturated rings. The van der Waals surface area contributed by atoms with E-state index in [4.69, 9.17) is 5.73 Å². The third-order valence-corrected chi connectivity index (χ3v) is 4.46. The van der Waals surface area contributed by atoms with E-state index in [1.54, 1.807) is 0 Å². The zero-order valence-electron chi connectivity index (χ0n) is 15.9. The summed E-state index contributed by atoms with van der Waals surface area (Å²) in [4.78, 5) is 10.6. The van der Waals surface area contributed by atoms with Crippen LogP contribution in [0.25, 0.3) is 0 Å². The van der Waals surface area contributed by atoms with Crippen molar-refractivity contribution >= 4 is 5.91 Å². The third kappa shape index (κ3) is 17.1. The molecule has 0 spiro atoms. The van der Waals surface area contributed by atoms with Crippen LogP contribution in [-0.2, 0) is 4.79 Å². The summed E-state index contributed by atoms with van der Waals surface area (Å²) in [5.41, 5.74) is 5.09. The molecule has 0 bridgehead atoms. The first kappa shape index (κ1) is 21.5. The molecule has 0 saturated heterocycles. The molecule has 0 aromatic rings. The molecule has 1 rings (SSSR count). The number of unbranched alkanes of at least 4 members (excludes halogenated alkanes) is 4. The first-order valence-corrected chi connectivity index (χ1v) is 10.2. The number of rotatable bonds is 16. The highest BCUT2D eigenvalue weighted by Crippen LogP contribution is 2.34. The maximum absolute atomic E-state index is 10.6. The maximum Gasteiger partial charge on any atom is 0.217 e. The Balaban J connectivity index is 1.82. The Labute approximate surface area is 155 Å². The van der Waals surface area contributed by atoms with Crippen LogP contribution in [-0.4, -0.2) is 5.91 Å². The summed E-state index contributed by atoms with van der Waals surface area (Å²) in [6.45, 7) is 0. The molecule has 0 unspecified atom stereocenters. The van der Waals surface area contributed by atoms with Crippen LogP contribution < -0.4 is 5.73 Å². The zero-order chi connectivity index (χ0) is 18.0. The maximum atomic E-state index is 10.6. The molecule has 0 atom stereocenters. The molecule has 1 aliphatic rings. The van der Waals surface area contributed by atoms with Crippen molar-refractivity contribution in [2.75, 3.05) is 0 Å². The highest BCUT2D eigenvalue weighted by atomic mass is 16.1. The molecule has 2 heteroatoms. The minimum atomic E-state index is -0.209. The van der Waals surface area contributed by atoms with E-state index in [0.29, 0.717) is 6.42 Å². The lowest BCUT2D eigenvalue weighted by molar-refractivity contribution is -0.118. The minimum Gasteiger partial charge on any atom is -0.370 e. The van der Waals surface area contributed by atoms with Gasteiger partial charge in [0.25, 0.3) is 0 Å². The topological polar surface area (TPSA) is 43.1 Å². The van der Waals surface area contributed by atoms with Gasteiger partial charge in [-0.05, 0) is 50.9 Å². The van der Waals surface area contributed by atoms with E-state index in [0.717, 1.165) is 38.0 Å². The van der Waals surface area contributed by atoms with E-state index in [1.807, 2.05) is 0 Å². The number of hydrogen-bond acceptors (Lipinski definition) is 1. The normalized spacial score (nSPS) is 15.4. The summed E-state index contributed by atoms with van der Waals surface area (Å²) in [5, 5.41) is 0. The number of hydrogen-bond donors (Lipinski definition) is 1. The van der Waals surface area contributed by atoms with Crippen LogP contribution in [0, 0.1) is 5.92 Å². The SMILES string of the molecule is NC(=O)CCCC=CCC=CCC=CCC=CCCCCCC1CC1. The van der Waals surface area contributed by atoms with Crippen molar-refractivity contribution in [2.24, 2.45) is 11.7 Å². The van der Waals surface area contributed by atoms with Crippen molar-refractivity contribution in [3.8, 4) is 0 Å². The lowest BCUT2D eigenvalue weighted by atomic mass is 10.1. The van der Waals surface area contributed by atoms with Crippen LogP contribution in [0.5, 0.6) is 0 Å². The molecule has 140 valence electrons. The summed E-state index contributed by atoms with van der Waals surface area (Å²) in [5.74, 6) is 0.887. The van der Waals surface area contributed by atoms with Crippen LogP contribution in [0.15, 0.2) is 48.6 Å². The second-order valence-corrected chi connectivity index (χ2v) is 7.03. The molecule has 1 saturated carbocycles. The minimum absolute atomic E-state index is 0.209.